The zero-order valence-electron chi connectivity index (χ0n) is 24.9. The Morgan fingerprint density at radius 2 is 0.947 bits per heavy atom. The molecule has 0 aliphatic rings. The molecule has 0 atom stereocenters. The molecule has 0 amide bonds. The molecule has 0 saturated heterocycles. The van der Waals surface area contributed by atoms with Crippen LogP contribution in [0.15, 0.2) is 30.3 Å². The predicted molar refractivity (Wildman–Crippen MR) is 160 cm³/mol. The van der Waals surface area contributed by atoms with Crippen LogP contribution in [-0.2, 0) is 16.0 Å². The Morgan fingerprint density at radius 3 is 1.37 bits per heavy atom. The zero-order chi connectivity index (χ0) is 27.4. The number of aliphatic hydroxyl groups is 2. The van der Waals surface area contributed by atoms with Crippen molar-refractivity contribution < 1.29 is 24.2 Å². The number of benzene rings is 1. The van der Waals surface area contributed by atoms with Gasteiger partial charge in [0.15, 0.2) is 0 Å². The first-order chi connectivity index (χ1) is 18.8. The second-order valence-corrected chi connectivity index (χ2v) is 11.1. The number of rotatable bonds is 29. The van der Waals surface area contributed by atoms with E-state index in [-0.39, 0.29) is 13.2 Å². The van der Waals surface area contributed by atoms with Crippen LogP contribution in [0.1, 0.15) is 115 Å². The van der Waals surface area contributed by atoms with Gasteiger partial charge in [-0.1, -0.05) is 127 Å². The molecule has 0 fully saturated rings. The minimum atomic E-state index is 0.0669. The van der Waals surface area contributed by atoms with E-state index in [0.29, 0.717) is 26.4 Å². The van der Waals surface area contributed by atoms with Crippen LogP contribution in [-0.4, -0.2) is 74.0 Å². The predicted octanol–water partition coefficient (Wildman–Crippen LogP) is 7.28. The van der Waals surface area contributed by atoms with E-state index in [4.69, 9.17) is 19.7 Å². The molecule has 5 heteroatoms. The normalized spacial score (nSPS) is 11.9. The number of hydrogen-bond acceptors (Lipinski definition) is 4. The number of nitrogens with zero attached hydrogens (tertiary/aromatic N) is 1. The van der Waals surface area contributed by atoms with Gasteiger partial charge in [0.25, 0.3) is 0 Å². The van der Waals surface area contributed by atoms with E-state index in [2.05, 4.69) is 37.3 Å². The third-order valence-corrected chi connectivity index (χ3v) is 7.74. The Kier molecular flexibility index (Phi) is 24.2. The van der Waals surface area contributed by atoms with Gasteiger partial charge in [0.1, 0.15) is 19.6 Å². The Bertz CT molecular complexity index is 586. The van der Waals surface area contributed by atoms with E-state index in [9.17, 15) is 0 Å². The first-order valence-electron chi connectivity index (χ1n) is 16.0. The van der Waals surface area contributed by atoms with Crippen molar-refractivity contribution in [3.8, 4) is 0 Å². The van der Waals surface area contributed by atoms with Crippen LogP contribution < -0.4 is 0 Å². The first kappa shape index (κ1) is 35.0. The average Bonchev–Trinajstić information content (AvgIpc) is 2.94. The Hall–Kier alpha value is -0.980. The molecule has 0 spiro atoms. The Morgan fingerprint density at radius 1 is 0.526 bits per heavy atom. The number of ether oxygens (including phenoxy) is 2. The molecule has 1 aromatic carbocycles. The van der Waals surface area contributed by atoms with E-state index >= 15 is 0 Å². The number of quaternary nitrogens is 1. The van der Waals surface area contributed by atoms with Crippen LogP contribution in [0, 0.1) is 0 Å². The highest BCUT2D eigenvalue weighted by atomic mass is 16.5. The standard InChI is InChI=1S/C33H62NO4/c1-2-3-4-5-6-7-8-9-10-11-12-13-14-15-16-20-23-34(24-28-37-30-26-35,25-29-38-31-27-36)32-33-21-18-17-19-22-33/h17-19,21-22,35-36H,2-16,20,23-32H2,1H3/q+1. The van der Waals surface area contributed by atoms with Gasteiger partial charge in [0.2, 0.25) is 0 Å². The van der Waals surface area contributed by atoms with Crippen molar-refractivity contribution in [3.05, 3.63) is 35.9 Å². The van der Waals surface area contributed by atoms with Crippen molar-refractivity contribution in [2.24, 2.45) is 0 Å². The van der Waals surface area contributed by atoms with Crippen LogP contribution in [0.25, 0.3) is 0 Å². The summed E-state index contributed by atoms with van der Waals surface area (Å²) in [5, 5.41) is 18.2. The lowest BCUT2D eigenvalue weighted by Crippen LogP contribution is -2.52. The molecule has 0 radical (unpaired) electrons. The largest absolute Gasteiger partial charge is 0.394 e. The summed E-state index contributed by atoms with van der Waals surface area (Å²) in [5.41, 5.74) is 1.34. The maximum atomic E-state index is 9.12. The molecule has 0 aromatic heterocycles. The molecule has 38 heavy (non-hydrogen) atoms. The molecule has 1 rings (SSSR count). The van der Waals surface area contributed by atoms with Gasteiger partial charge in [-0.3, -0.25) is 0 Å². The van der Waals surface area contributed by atoms with E-state index in [1.807, 2.05) is 0 Å². The fraction of sp³-hybridized carbons (Fsp3) is 0.818. The molecule has 0 saturated carbocycles. The fourth-order valence-electron chi connectivity index (χ4n) is 5.39. The Balaban J connectivity index is 2.31. The van der Waals surface area contributed by atoms with Gasteiger partial charge in [0.05, 0.1) is 46.2 Å². The monoisotopic (exact) mass is 536 g/mol. The molecular weight excluding hydrogens is 474 g/mol. The third kappa shape index (κ3) is 20.0. The van der Waals surface area contributed by atoms with Crippen molar-refractivity contribution >= 4 is 0 Å². The van der Waals surface area contributed by atoms with Gasteiger partial charge in [-0.15, -0.1) is 0 Å². The van der Waals surface area contributed by atoms with E-state index < -0.39 is 0 Å². The summed E-state index contributed by atoms with van der Waals surface area (Å²) in [4.78, 5) is 0. The first-order valence-corrected chi connectivity index (χ1v) is 16.0. The number of unbranched alkanes of at least 4 members (excludes halogenated alkanes) is 15. The summed E-state index contributed by atoms with van der Waals surface area (Å²) >= 11 is 0. The van der Waals surface area contributed by atoms with Crippen LogP contribution in [0.5, 0.6) is 0 Å². The fourth-order valence-corrected chi connectivity index (χ4v) is 5.39. The molecule has 0 aliphatic heterocycles. The molecule has 0 bridgehead atoms. The second kappa shape index (κ2) is 26.3. The molecule has 2 N–H and O–H groups in total. The molecule has 222 valence electrons. The maximum Gasteiger partial charge on any atom is 0.104 e. The summed E-state index contributed by atoms with van der Waals surface area (Å²) in [7, 11) is 0. The average molecular weight is 537 g/mol. The number of hydrogen-bond donors (Lipinski definition) is 2. The lowest BCUT2D eigenvalue weighted by molar-refractivity contribution is -0.941. The number of aliphatic hydroxyl groups excluding tert-OH is 2. The molecule has 0 unspecified atom stereocenters. The van der Waals surface area contributed by atoms with E-state index in [0.717, 1.165) is 30.7 Å². The third-order valence-electron chi connectivity index (χ3n) is 7.74. The molecule has 0 aliphatic carbocycles. The SMILES string of the molecule is CCCCCCCCCCCCCCCCCC[N+](CCOCCO)(CCOCCO)Cc1ccccc1. The van der Waals surface area contributed by atoms with Crippen molar-refractivity contribution in [1.29, 1.82) is 0 Å². The van der Waals surface area contributed by atoms with Gasteiger partial charge in [0, 0.05) is 5.56 Å². The van der Waals surface area contributed by atoms with E-state index in [1.165, 1.54) is 108 Å². The quantitative estimate of drug-likeness (QED) is 0.0834. The highest BCUT2D eigenvalue weighted by Gasteiger charge is 2.27. The maximum absolute atomic E-state index is 9.12. The smallest absolute Gasteiger partial charge is 0.104 e. The summed E-state index contributed by atoms with van der Waals surface area (Å²) in [6.07, 6.45) is 22.2. The lowest BCUT2D eigenvalue weighted by Gasteiger charge is -2.39. The summed E-state index contributed by atoms with van der Waals surface area (Å²) in [5.74, 6) is 0. The zero-order valence-corrected chi connectivity index (χ0v) is 24.9. The van der Waals surface area contributed by atoms with Crippen molar-refractivity contribution in [3.63, 3.8) is 0 Å². The Labute approximate surface area is 235 Å². The van der Waals surface area contributed by atoms with Crippen LogP contribution in [0.3, 0.4) is 0 Å². The lowest BCUT2D eigenvalue weighted by atomic mass is 10.0. The summed E-state index contributed by atoms with van der Waals surface area (Å²) < 4.78 is 12.3. The molecular formula is C33H62NO4+. The highest BCUT2D eigenvalue weighted by molar-refractivity contribution is 5.13. The molecule has 5 nitrogen and oxygen atoms in total. The van der Waals surface area contributed by atoms with Crippen LogP contribution in [0.4, 0.5) is 0 Å². The summed E-state index contributed by atoms with van der Waals surface area (Å²) in [6, 6.07) is 10.7. The molecule has 0 heterocycles. The van der Waals surface area contributed by atoms with E-state index in [1.54, 1.807) is 0 Å². The van der Waals surface area contributed by atoms with Gasteiger partial charge < -0.3 is 24.2 Å². The topological polar surface area (TPSA) is 58.9 Å². The van der Waals surface area contributed by atoms with Crippen molar-refractivity contribution in [2.45, 2.75) is 116 Å². The minimum absolute atomic E-state index is 0.0669. The van der Waals surface area contributed by atoms with Crippen LogP contribution >= 0.6 is 0 Å². The van der Waals surface area contributed by atoms with Gasteiger partial charge in [-0.25, -0.2) is 0 Å². The van der Waals surface area contributed by atoms with Crippen molar-refractivity contribution in [1.82, 2.24) is 0 Å². The van der Waals surface area contributed by atoms with Gasteiger partial charge in [-0.05, 0) is 12.8 Å². The van der Waals surface area contributed by atoms with Gasteiger partial charge >= 0.3 is 0 Å². The van der Waals surface area contributed by atoms with Gasteiger partial charge in [-0.2, -0.15) is 0 Å². The minimum Gasteiger partial charge on any atom is -0.394 e. The summed E-state index contributed by atoms with van der Waals surface area (Å²) in [6.45, 7) is 8.40. The molecule has 1 aromatic rings. The second-order valence-electron chi connectivity index (χ2n) is 11.1. The highest BCUT2D eigenvalue weighted by Crippen LogP contribution is 2.19. The van der Waals surface area contributed by atoms with Crippen LogP contribution in [0.2, 0.25) is 0 Å². The van der Waals surface area contributed by atoms with Crippen molar-refractivity contribution in [2.75, 3.05) is 59.3 Å².